The molecule has 3 nitrogen and oxygen atoms in total. The fraction of sp³-hybridized carbons (Fsp3) is 0.952. The van der Waals surface area contributed by atoms with Gasteiger partial charge in [0.25, 0.3) is 0 Å². The molecule has 142 valence electrons. The third-order valence-corrected chi connectivity index (χ3v) is 4.85. The minimum Gasteiger partial charge on any atom is -0.353 e. The predicted octanol–water partition coefficient (Wildman–Crippen LogP) is 6.19. The predicted molar refractivity (Wildman–Crippen MR) is 100 cm³/mol. The van der Waals surface area contributed by atoms with Gasteiger partial charge in [0.1, 0.15) is 5.78 Å². The Morgan fingerprint density at radius 3 is 2.12 bits per heavy atom. The molecular formula is C21H40O3. The number of carbonyl (C=O) groups excluding carboxylic acids is 1. The van der Waals surface area contributed by atoms with E-state index in [1.54, 1.807) is 0 Å². The molecule has 0 aliphatic carbocycles. The van der Waals surface area contributed by atoms with Gasteiger partial charge >= 0.3 is 0 Å². The highest BCUT2D eigenvalue weighted by atomic mass is 16.7. The highest BCUT2D eigenvalue weighted by Gasteiger charge is 2.13. The largest absolute Gasteiger partial charge is 0.353 e. The molecule has 0 aromatic rings. The number of Topliss-reactive ketones (excluding diaryl/α,β-unsaturated/α-hetero) is 1. The molecule has 0 N–H and O–H groups in total. The molecule has 1 unspecified atom stereocenters. The van der Waals surface area contributed by atoms with Crippen molar-refractivity contribution in [1.29, 1.82) is 0 Å². The molecule has 1 fully saturated rings. The van der Waals surface area contributed by atoms with Gasteiger partial charge in [-0.15, -0.1) is 0 Å². The minimum absolute atomic E-state index is 0.0438. The molecule has 1 atom stereocenters. The van der Waals surface area contributed by atoms with Crippen molar-refractivity contribution >= 4 is 5.78 Å². The SMILES string of the molecule is CCCCCCCCCC(=O)CCCCCCOC1CCCCO1. The summed E-state index contributed by atoms with van der Waals surface area (Å²) in [5, 5.41) is 0. The monoisotopic (exact) mass is 340 g/mol. The van der Waals surface area contributed by atoms with E-state index >= 15 is 0 Å². The molecule has 0 bridgehead atoms. The Morgan fingerprint density at radius 2 is 1.50 bits per heavy atom. The summed E-state index contributed by atoms with van der Waals surface area (Å²) in [5.41, 5.74) is 0. The van der Waals surface area contributed by atoms with Crippen LogP contribution >= 0.6 is 0 Å². The van der Waals surface area contributed by atoms with Crippen LogP contribution in [-0.4, -0.2) is 25.3 Å². The van der Waals surface area contributed by atoms with Gasteiger partial charge in [-0.1, -0.05) is 58.3 Å². The smallest absolute Gasteiger partial charge is 0.157 e. The lowest BCUT2D eigenvalue weighted by molar-refractivity contribution is -0.162. The van der Waals surface area contributed by atoms with Crippen LogP contribution in [-0.2, 0) is 14.3 Å². The molecule has 3 heteroatoms. The van der Waals surface area contributed by atoms with E-state index in [0.29, 0.717) is 5.78 Å². The van der Waals surface area contributed by atoms with Gasteiger partial charge in [0.2, 0.25) is 0 Å². The lowest BCUT2D eigenvalue weighted by atomic mass is 10.0. The molecule has 1 aliphatic heterocycles. The zero-order chi connectivity index (χ0) is 17.3. The van der Waals surface area contributed by atoms with Gasteiger partial charge in [-0.2, -0.15) is 0 Å². The molecule has 0 aromatic carbocycles. The molecule has 0 amide bonds. The van der Waals surface area contributed by atoms with Gasteiger partial charge < -0.3 is 9.47 Å². The molecule has 0 saturated carbocycles. The average Bonchev–Trinajstić information content (AvgIpc) is 2.61. The maximum absolute atomic E-state index is 11.8. The van der Waals surface area contributed by atoms with Crippen LogP contribution in [0.1, 0.15) is 110 Å². The van der Waals surface area contributed by atoms with Crippen LogP contribution in [0.3, 0.4) is 0 Å². The number of rotatable bonds is 16. The van der Waals surface area contributed by atoms with E-state index in [2.05, 4.69) is 6.92 Å². The van der Waals surface area contributed by atoms with E-state index in [1.165, 1.54) is 51.4 Å². The zero-order valence-corrected chi connectivity index (χ0v) is 16.0. The Bertz CT molecular complexity index is 285. The maximum Gasteiger partial charge on any atom is 0.157 e. The number of ketones is 1. The molecule has 1 saturated heterocycles. The summed E-state index contributed by atoms with van der Waals surface area (Å²) in [6.45, 7) is 3.90. The van der Waals surface area contributed by atoms with Crippen LogP contribution in [0.5, 0.6) is 0 Å². The van der Waals surface area contributed by atoms with Gasteiger partial charge in [-0.05, 0) is 38.5 Å². The van der Waals surface area contributed by atoms with Gasteiger partial charge in [0, 0.05) is 26.1 Å². The van der Waals surface area contributed by atoms with E-state index in [-0.39, 0.29) is 6.29 Å². The van der Waals surface area contributed by atoms with Crippen LogP contribution in [0.2, 0.25) is 0 Å². The van der Waals surface area contributed by atoms with Crippen LogP contribution in [0.15, 0.2) is 0 Å². The molecule has 1 heterocycles. The summed E-state index contributed by atoms with van der Waals surface area (Å²) in [6, 6.07) is 0. The number of hydrogen-bond acceptors (Lipinski definition) is 3. The molecule has 0 aromatic heterocycles. The second kappa shape index (κ2) is 16.1. The van der Waals surface area contributed by atoms with Crippen molar-refractivity contribution in [3.05, 3.63) is 0 Å². The number of unbranched alkanes of at least 4 members (excludes halogenated alkanes) is 9. The second-order valence-corrected chi connectivity index (χ2v) is 7.24. The summed E-state index contributed by atoms with van der Waals surface area (Å²) in [5.74, 6) is 0.468. The summed E-state index contributed by atoms with van der Waals surface area (Å²) < 4.78 is 11.3. The first-order valence-electron chi connectivity index (χ1n) is 10.6. The Kier molecular flexibility index (Phi) is 14.5. The van der Waals surface area contributed by atoms with E-state index in [9.17, 15) is 4.79 Å². The van der Waals surface area contributed by atoms with Crippen molar-refractivity contribution in [3.8, 4) is 0 Å². The summed E-state index contributed by atoms with van der Waals surface area (Å²) in [6.07, 6.45) is 18.5. The number of carbonyl (C=O) groups is 1. The molecule has 0 radical (unpaired) electrons. The fourth-order valence-electron chi connectivity index (χ4n) is 3.24. The van der Waals surface area contributed by atoms with Crippen molar-refractivity contribution in [3.63, 3.8) is 0 Å². The summed E-state index contributed by atoms with van der Waals surface area (Å²) >= 11 is 0. The molecular weight excluding hydrogens is 300 g/mol. The van der Waals surface area contributed by atoms with Gasteiger partial charge in [-0.25, -0.2) is 0 Å². The lowest BCUT2D eigenvalue weighted by Gasteiger charge is -2.22. The first kappa shape index (κ1) is 21.6. The van der Waals surface area contributed by atoms with Gasteiger partial charge in [0.05, 0.1) is 0 Å². The Balaban J connectivity index is 1.77. The van der Waals surface area contributed by atoms with Crippen molar-refractivity contribution < 1.29 is 14.3 Å². The zero-order valence-electron chi connectivity index (χ0n) is 16.0. The first-order chi connectivity index (χ1) is 11.8. The van der Waals surface area contributed by atoms with Crippen LogP contribution in [0.25, 0.3) is 0 Å². The summed E-state index contributed by atoms with van der Waals surface area (Å²) in [7, 11) is 0. The van der Waals surface area contributed by atoms with Gasteiger partial charge in [0.15, 0.2) is 6.29 Å². The second-order valence-electron chi connectivity index (χ2n) is 7.24. The highest BCUT2D eigenvalue weighted by molar-refractivity contribution is 5.78. The highest BCUT2D eigenvalue weighted by Crippen LogP contribution is 2.15. The minimum atomic E-state index is 0.0438. The molecule has 1 rings (SSSR count). The first-order valence-corrected chi connectivity index (χ1v) is 10.6. The third-order valence-electron chi connectivity index (χ3n) is 4.85. The van der Waals surface area contributed by atoms with Crippen molar-refractivity contribution in [2.45, 2.75) is 116 Å². The Hall–Kier alpha value is -0.410. The number of ether oxygens (including phenoxy) is 2. The maximum atomic E-state index is 11.8. The topological polar surface area (TPSA) is 35.5 Å². The summed E-state index contributed by atoms with van der Waals surface area (Å²) in [4.78, 5) is 11.8. The van der Waals surface area contributed by atoms with Crippen molar-refractivity contribution in [2.24, 2.45) is 0 Å². The Morgan fingerprint density at radius 1 is 0.875 bits per heavy atom. The molecule has 0 spiro atoms. The molecule has 1 aliphatic rings. The standard InChI is InChI=1S/C21H40O3/c1-2-3-4-5-6-7-10-15-20(22)16-11-8-9-13-18-23-21-17-12-14-19-24-21/h21H,2-19H2,1H3. The van der Waals surface area contributed by atoms with E-state index < -0.39 is 0 Å². The third kappa shape index (κ3) is 12.9. The Labute approximate surface area is 149 Å². The molecule has 24 heavy (non-hydrogen) atoms. The number of hydrogen-bond donors (Lipinski definition) is 0. The van der Waals surface area contributed by atoms with Crippen LogP contribution in [0.4, 0.5) is 0 Å². The van der Waals surface area contributed by atoms with E-state index in [0.717, 1.165) is 64.6 Å². The van der Waals surface area contributed by atoms with Crippen molar-refractivity contribution in [1.82, 2.24) is 0 Å². The van der Waals surface area contributed by atoms with E-state index in [1.807, 2.05) is 0 Å². The van der Waals surface area contributed by atoms with Crippen LogP contribution < -0.4 is 0 Å². The van der Waals surface area contributed by atoms with E-state index in [4.69, 9.17) is 9.47 Å². The van der Waals surface area contributed by atoms with Gasteiger partial charge in [-0.3, -0.25) is 4.79 Å². The van der Waals surface area contributed by atoms with Crippen molar-refractivity contribution in [2.75, 3.05) is 13.2 Å². The normalized spacial score (nSPS) is 18.0. The fourth-order valence-corrected chi connectivity index (χ4v) is 3.24. The van der Waals surface area contributed by atoms with Crippen LogP contribution in [0, 0.1) is 0 Å². The quantitative estimate of drug-likeness (QED) is 0.314. The lowest BCUT2D eigenvalue weighted by Crippen LogP contribution is -2.22. The average molecular weight is 341 g/mol.